The molecule has 0 aliphatic rings. The van der Waals surface area contributed by atoms with Crippen molar-refractivity contribution in [3.63, 3.8) is 0 Å². The van der Waals surface area contributed by atoms with Gasteiger partial charge in [-0.15, -0.1) is 0 Å². The quantitative estimate of drug-likeness (QED) is 0.755. The average molecular weight is 302 g/mol. The highest BCUT2D eigenvalue weighted by molar-refractivity contribution is 9.10. The summed E-state index contributed by atoms with van der Waals surface area (Å²) < 4.78 is 0.953. The monoisotopic (exact) mass is 301 g/mol. The van der Waals surface area contributed by atoms with Crippen molar-refractivity contribution in [1.82, 2.24) is 5.32 Å². The lowest BCUT2D eigenvalue weighted by molar-refractivity contribution is 0.126. The van der Waals surface area contributed by atoms with E-state index in [0.717, 1.165) is 16.5 Å². The third-order valence-electron chi connectivity index (χ3n) is 3.08. The number of hydrogen-bond acceptors (Lipinski definition) is 3. The lowest BCUT2D eigenvalue weighted by Gasteiger charge is -2.28. The van der Waals surface area contributed by atoms with E-state index in [-0.39, 0.29) is 12.1 Å². The Morgan fingerprint density at radius 2 is 2.18 bits per heavy atom. The van der Waals surface area contributed by atoms with Crippen molar-refractivity contribution in [2.45, 2.75) is 31.9 Å². The molecule has 0 saturated heterocycles. The zero-order chi connectivity index (χ0) is 12.9. The predicted molar refractivity (Wildman–Crippen MR) is 72.9 cm³/mol. The minimum Gasteiger partial charge on any atom is -0.394 e. The SMILES string of the molecule is CCC(C)(CO)NCC(O)c1cccc(Br)c1. The first-order valence-corrected chi connectivity index (χ1v) is 6.59. The lowest BCUT2D eigenvalue weighted by Crippen LogP contribution is -2.46. The van der Waals surface area contributed by atoms with E-state index in [2.05, 4.69) is 21.2 Å². The Morgan fingerprint density at radius 3 is 2.71 bits per heavy atom. The van der Waals surface area contributed by atoms with Crippen molar-refractivity contribution in [2.24, 2.45) is 0 Å². The number of rotatable bonds is 6. The van der Waals surface area contributed by atoms with Crippen LogP contribution in [0.3, 0.4) is 0 Å². The summed E-state index contributed by atoms with van der Waals surface area (Å²) in [5.41, 5.74) is 0.538. The molecule has 96 valence electrons. The normalized spacial score (nSPS) is 16.5. The van der Waals surface area contributed by atoms with E-state index in [9.17, 15) is 10.2 Å². The Hall–Kier alpha value is -0.420. The fourth-order valence-electron chi connectivity index (χ4n) is 1.47. The summed E-state index contributed by atoms with van der Waals surface area (Å²) in [5.74, 6) is 0. The van der Waals surface area contributed by atoms with Crippen LogP contribution in [0.25, 0.3) is 0 Å². The summed E-state index contributed by atoms with van der Waals surface area (Å²) in [4.78, 5) is 0. The predicted octanol–water partition coefficient (Wildman–Crippen LogP) is 2.23. The Kier molecular flexibility index (Phi) is 5.59. The van der Waals surface area contributed by atoms with Crippen LogP contribution < -0.4 is 5.32 Å². The number of hydrogen-bond donors (Lipinski definition) is 3. The van der Waals surface area contributed by atoms with Gasteiger partial charge in [-0.1, -0.05) is 35.0 Å². The highest BCUT2D eigenvalue weighted by Crippen LogP contribution is 2.18. The van der Waals surface area contributed by atoms with Gasteiger partial charge in [0.05, 0.1) is 12.7 Å². The van der Waals surface area contributed by atoms with Crippen molar-refractivity contribution in [1.29, 1.82) is 0 Å². The number of β-amino-alcohol motifs (C(OH)–C–C–N with tert-alkyl or cyclic N) is 1. The van der Waals surface area contributed by atoms with Gasteiger partial charge in [0.15, 0.2) is 0 Å². The fourth-order valence-corrected chi connectivity index (χ4v) is 1.88. The standard InChI is InChI=1S/C13H20BrNO2/c1-3-13(2,9-16)15-8-12(17)10-5-4-6-11(14)7-10/h4-7,12,15-17H,3,8-9H2,1-2H3. The first kappa shape index (κ1) is 14.6. The molecule has 2 atom stereocenters. The van der Waals surface area contributed by atoms with Gasteiger partial charge in [0.1, 0.15) is 0 Å². The highest BCUT2D eigenvalue weighted by Gasteiger charge is 2.21. The third kappa shape index (κ3) is 4.39. The van der Waals surface area contributed by atoms with Crippen LogP contribution in [0.1, 0.15) is 31.9 Å². The maximum absolute atomic E-state index is 10.0. The maximum atomic E-state index is 10.0. The van der Waals surface area contributed by atoms with E-state index < -0.39 is 6.10 Å². The molecule has 17 heavy (non-hydrogen) atoms. The molecule has 0 fully saturated rings. The molecule has 1 aromatic rings. The Bertz CT molecular complexity index is 353. The second-order valence-electron chi connectivity index (χ2n) is 4.52. The second-order valence-corrected chi connectivity index (χ2v) is 5.44. The molecule has 0 aliphatic carbocycles. The molecule has 3 nitrogen and oxygen atoms in total. The number of halogens is 1. The van der Waals surface area contributed by atoms with Gasteiger partial charge >= 0.3 is 0 Å². The molecule has 3 N–H and O–H groups in total. The third-order valence-corrected chi connectivity index (χ3v) is 3.58. The van der Waals surface area contributed by atoms with Gasteiger partial charge < -0.3 is 15.5 Å². The van der Waals surface area contributed by atoms with Gasteiger partial charge in [0, 0.05) is 16.6 Å². The van der Waals surface area contributed by atoms with E-state index in [1.807, 2.05) is 38.1 Å². The molecule has 0 radical (unpaired) electrons. The molecule has 1 aromatic carbocycles. The van der Waals surface area contributed by atoms with Crippen LogP contribution in [-0.2, 0) is 0 Å². The Morgan fingerprint density at radius 1 is 1.47 bits per heavy atom. The molecule has 4 heteroatoms. The summed E-state index contributed by atoms with van der Waals surface area (Å²) in [5, 5.41) is 22.5. The molecule has 0 heterocycles. The van der Waals surface area contributed by atoms with Crippen molar-refractivity contribution in [3.05, 3.63) is 34.3 Å². The number of aliphatic hydroxyl groups is 2. The van der Waals surface area contributed by atoms with Crippen LogP contribution in [0, 0.1) is 0 Å². The fraction of sp³-hybridized carbons (Fsp3) is 0.538. The van der Waals surface area contributed by atoms with Crippen LogP contribution in [-0.4, -0.2) is 28.9 Å². The second kappa shape index (κ2) is 6.50. The van der Waals surface area contributed by atoms with E-state index in [1.54, 1.807) is 0 Å². The molecule has 0 amide bonds. The Labute approximate surface area is 111 Å². The smallest absolute Gasteiger partial charge is 0.0914 e. The van der Waals surface area contributed by atoms with Crippen LogP contribution in [0.5, 0.6) is 0 Å². The molecule has 0 bridgehead atoms. The van der Waals surface area contributed by atoms with Gasteiger partial charge in [0.25, 0.3) is 0 Å². The van der Waals surface area contributed by atoms with E-state index in [1.165, 1.54) is 0 Å². The van der Waals surface area contributed by atoms with Gasteiger partial charge in [-0.3, -0.25) is 0 Å². The molecule has 2 unspecified atom stereocenters. The number of benzene rings is 1. The van der Waals surface area contributed by atoms with Gasteiger partial charge in [0.2, 0.25) is 0 Å². The van der Waals surface area contributed by atoms with Crippen molar-refractivity contribution in [2.75, 3.05) is 13.2 Å². The summed E-state index contributed by atoms with van der Waals surface area (Å²) >= 11 is 3.38. The van der Waals surface area contributed by atoms with Gasteiger partial charge in [-0.2, -0.15) is 0 Å². The molecule has 0 saturated carbocycles. The van der Waals surface area contributed by atoms with E-state index >= 15 is 0 Å². The van der Waals surface area contributed by atoms with Crippen molar-refractivity contribution >= 4 is 15.9 Å². The Balaban J connectivity index is 2.58. The summed E-state index contributed by atoms with van der Waals surface area (Å²) in [6, 6.07) is 7.61. The minimum atomic E-state index is -0.565. The van der Waals surface area contributed by atoms with Crippen LogP contribution in [0.2, 0.25) is 0 Å². The largest absolute Gasteiger partial charge is 0.394 e. The van der Waals surface area contributed by atoms with E-state index in [4.69, 9.17) is 0 Å². The van der Waals surface area contributed by atoms with Crippen LogP contribution >= 0.6 is 15.9 Å². The number of nitrogens with one attached hydrogen (secondary N) is 1. The molecule has 0 spiro atoms. The maximum Gasteiger partial charge on any atom is 0.0914 e. The summed E-state index contributed by atoms with van der Waals surface area (Å²) in [6.45, 7) is 4.45. The van der Waals surface area contributed by atoms with Gasteiger partial charge in [-0.25, -0.2) is 0 Å². The summed E-state index contributed by atoms with van der Waals surface area (Å²) in [7, 11) is 0. The molecule has 1 rings (SSSR count). The van der Waals surface area contributed by atoms with E-state index in [0.29, 0.717) is 6.54 Å². The molecule has 0 aromatic heterocycles. The zero-order valence-corrected chi connectivity index (χ0v) is 11.9. The van der Waals surface area contributed by atoms with Crippen LogP contribution in [0.15, 0.2) is 28.7 Å². The van der Waals surface area contributed by atoms with Crippen molar-refractivity contribution in [3.8, 4) is 0 Å². The zero-order valence-electron chi connectivity index (χ0n) is 10.3. The topological polar surface area (TPSA) is 52.5 Å². The first-order chi connectivity index (χ1) is 8.00. The molecule has 0 aliphatic heterocycles. The lowest BCUT2D eigenvalue weighted by atomic mass is 9.99. The average Bonchev–Trinajstić information content (AvgIpc) is 2.35. The highest BCUT2D eigenvalue weighted by atomic mass is 79.9. The number of aliphatic hydroxyl groups excluding tert-OH is 2. The van der Waals surface area contributed by atoms with Crippen LogP contribution in [0.4, 0.5) is 0 Å². The van der Waals surface area contributed by atoms with Crippen molar-refractivity contribution < 1.29 is 10.2 Å². The first-order valence-electron chi connectivity index (χ1n) is 5.80. The molecular formula is C13H20BrNO2. The van der Waals surface area contributed by atoms with Gasteiger partial charge in [-0.05, 0) is 31.0 Å². The molecular weight excluding hydrogens is 282 g/mol. The minimum absolute atomic E-state index is 0.0642. The summed E-state index contributed by atoms with van der Waals surface area (Å²) in [6.07, 6.45) is 0.249.